The predicted octanol–water partition coefficient (Wildman–Crippen LogP) is 4.87. The molecule has 0 saturated heterocycles. The maximum atomic E-state index is 13.0. The van der Waals surface area contributed by atoms with Crippen LogP contribution in [-0.2, 0) is 16.1 Å². The zero-order valence-electron chi connectivity index (χ0n) is 17.7. The highest BCUT2D eigenvalue weighted by atomic mass is 35.5. The predicted molar refractivity (Wildman–Crippen MR) is 121 cm³/mol. The Morgan fingerprint density at radius 2 is 1.63 bits per heavy atom. The van der Waals surface area contributed by atoms with Crippen molar-refractivity contribution in [3.8, 4) is 5.75 Å². The van der Waals surface area contributed by atoms with Gasteiger partial charge in [-0.3, -0.25) is 9.59 Å². The third-order valence-electron chi connectivity index (χ3n) is 4.63. The average molecular weight is 451 g/mol. The van der Waals surface area contributed by atoms with Gasteiger partial charge in [0.25, 0.3) is 5.91 Å². The van der Waals surface area contributed by atoms with Crippen LogP contribution in [0, 0.1) is 12.8 Å². The maximum Gasteiger partial charge on any atom is 0.261 e. The molecule has 1 N–H and O–H groups in total. The quantitative estimate of drug-likeness (QED) is 0.592. The number of hydrogen-bond acceptors (Lipinski definition) is 3. The van der Waals surface area contributed by atoms with Crippen LogP contribution in [-0.4, -0.2) is 35.9 Å². The number of nitrogens with zero attached hydrogens (tertiary/aromatic N) is 1. The standard InChI is InChI=1S/C23H28Cl2N2O3/c1-15(2)12-26-23(29)17(4)27(13-19-20(24)6-5-7-21(19)25)22(28)14-30-18-10-8-16(3)9-11-18/h5-11,15,17H,12-14H2,1-4H3,(H,26,29)/t17-/m0/s1. The van der Waals surface area contributed by atoms with Gasteiger partial charge in [-0.25, -0.2) is 0 Å². The second-order valence-electron chi connectivity index (χ2n) is 7.64. The number of hydrogen-bond donors (Lipinski definition) is 1. The first kappa shape index (κ1) is 24.0. The Hall–Kier alpha value is -2.24. The van der Waals surface area contributed by atoms with Crippen LogP contribution < -0.4 is 10.1 Å². The molecule has 2 rings (SSSR count). The maximum absolute atomic E-state index is 13.0. The van der Waals surface area contributed by atoms with Gasteiger partial charge in [0.05, 0.1) is 0 Å². The van der Waals surface area contributed by atoms with Crippen LogP contribution in [0.5, 0.6) is 5.75 Å². The molecule has 0 aliphatic carbocycles. The number of carbonyl (C=O) groups is 2. The summed E-state index contributed by atoms with van der Waals surface area (Å²) in [6.45, 7) is 8.10. The van der Waals surface area contributed by atoms with E-state index < -0.39 is 6.04 Å². The Kier molecular flexibility index (Phi) is 9.00. The fraction of sp³-hybridized carbons (Fsp3) is 0.391. The summed E-state index contributed by atoms with van der Waals surface area (Å²) in [5.74, 6) is 0.309. The number of benzene rings is 2. The van der Waals surface area contributed by atoms with E-state index in [1.165, 1.54) is 4.90 Å². The van der Waals surface area contributed by atoms with E-state index in [2.05, 4.69) is 5.32 Å². The molecular formula is C23H28Cl2N2O3. The molecule has 0 radical (unpaired) electrons. The average Bonchev–Trinajstić information content (AvgIpc) is 2.70. The van der Waals surface area contributed by atoms with Gasteiger partial charge in [0, 0.05) is 28.7 Å². The van der Waals surface area contributed by atoms with Gasteiger partial charge in [-0.2, -0.15) is 0 Å². The Morgan fingerprint density at radius 1 is 1.03 bits per heavy atom. The highest BCUT2D eigenvalue weighted by Crippen LogP contribution is 2.26. The van der Waals surface area contributed by atoms with Gasteiger partial charge in [-0.15, -0.1) is 0 Å². The van der Waals surface area contributed by atoms with Crippen LogP contribution >= 0.6 is 23.2 Å². The van der Waals surface area contributed by atoms with Crippen LogP contribution in [0.15, 0.2) is 42.5 Å². The second kappa shape index (κ2) is 11.2. The highest BCUT2D eigenvalue weighted by molar-refractivity contribution is 6.36. The van der Waals surface area contributed by atoms with Crippen molar-refractivity contribution < 1.29 is 14.3 Å². The third-order valence-corrected chi connectivity index (χ3v) is 5.33. The van der Waals surface area contributed by atoms with E-state index in [1.54, 1.807) is 37.3 Å². The van der Waals surface area contributed by atoms with Crippen molar-refractivity contribution in [3.63, 3.8) is 0 Å². The molecule has 30 heavy (non-hydrogen) atoms. The van der Waals surface area contributed by atoms with Crippen LogP contribution in [0.25, 0.3) is 0 Å². The SMILES string of the molecule is Cc1ccc(OCC(=O)N(Cc2c(Cl)cccc2Cl)[C@@H](C)C(=O)NCC(C)C)cc1. The molecule has 0 aromatic heterocycles. The minimum absolute atomic E-state index is 0.102. The third kappa shape index (κ3) is 6.92. The zero-order chi connectivity index (χ0) is 22.3. The van der Waals surface area contributed by atoms with Crippen LogP contribution in [0.1, 0.15) is 31.9 Å². The second-order valence-corrected chi connectivity index (χ2v) is 8.45. The van der Waals surface area contributed by atoms with Crippen molar-refractivity contribution in [2.75, 3.05) is 13.2 Å². The van der Waals surface area contributed by atoms with E-state index >= 15 is 0 Å². The molecule has 0 bridgehead atoms. The van der Waals surface area contributed by atoms with Gasteiger partial charge < -0.3 is 15.0 Å². The topological polar surface area (TPSA) is 58.6 Å². The smallest absolute Gasteiger partial charge is 0.261 e. The molecule has 5 nitrogen and oxygen atoms in total. The van der Waals surface area contributed by atoms with Gasteiger partial charge in [-0.1, -0.05) is 60.8 Å². The van der Waals surface area contributed by atoms with Crippen LogP contribution in [0.2, 0.25) is 10.0 Å². The Balaban J connectivity index is 2.19. The molecule has 0 heterocycles. The number of rotatable bonds is 9. The first-order valence-electron chi connectivity index (χ1n) is 9.88. The number of ether oxygens (including phenoxy) is 1. The van der Waals surface area contributed by atoms with Gasteiger partial charge in [0.2, 0.25) is 5.91 Å². The summed E-state index contributed by atoms with van der Waals surface area (Å²) in [5.41, 5.74) is 1.69. The molecule has 0 unspecified atom stereocenters. The molecular weight excluding hydrogens is 423 g/mol. The van der Waals surface area contributed by atoms with Gasteiger partial charge in [0.1, 0.15) is 11.8 Å². The molecule has 0 fully saturated rings. The Bertz CT molecular complexity index is 849. The number of aryl methyl sites for hydroxylation is 1. The summed E-state index contributed by atoms with van der Waals surface area (Å²) in [7, 11) is 0. The van der Waals surface area contributed by atoms with E-state index in [-0.39, 0.29) is 25.0 Å². The molecule has 0 aliphatic heterocycles. The molecule has 0 saturated carbocycles. The summed E-state index contributed by atoms with van der Waals surface area (Å²) in [4.78, 5) is 27.1. The summed E-state index contributed by atoms with van der Waals surface area (Å²) in [6, 6.07) is 11.8. The molecule has 0 spiro atoms. The summed E-state index contributed by atoms with van der Waals surface area (Å²) >= 11 is 12.6. The lowest BCUT2D eigenvalue weighted by molar-refractivity contribution is -0.142. The number of carbonyl (C=O) groups excluding carboxylic acids is 2. The minimum atomic E-state index is -0.717. The summed E-state index contributed by atoms with van der Waals surface area (Å²) in [5, 5.41) is 3.75. The van der Waals surface area contributed by atoms with Crippen molar-refractivity contribution in [1.29, 1.82) is 0 Å². The number of nitrogens with one attached hydrogen (secondary N) is 1. The minimum Gasteiger partial charge on any atom is -0.484 e. The lowest BCUT2D eigenvalue weighted by atomic mass is 10.1. The largest absolute Gasteiger partial charge is 0.484 e. The number of halogens is 2. The Morgan fingerprint density at radius 3 is 2.20 bits per heavy atom. The summed E-state index contributed by atoms with van der Waals surface area (Å²) in [6.07, 6.45) is 0. The van der Waals surface area contributed by atoms with Gasteiger partial charge >= 0.3 is 0 Å². The summed E-state index contributed by atoms with van der Waals surface area (Å²) < 4.78 is 5.64. The van der Waals surface area contributed by atoms with E-state index in [9.17, 15) is 9.59 Å². The van der Waals surface area contributed by atoms with Crippen LogP contribution in [0.4, 0.5) is 0 Å². The lowest BCUT2D eigenvalue weighted by Gasteiger charge is -2.29. The van der Waals surface area contributed by atoms with E-state index in [4.69, 9.17) is 27.9 Å². The van der Waals surface area contributed by atoms with Crippen molar-refractivity contribution in [2.45, 2.75) is 40.3 Å². The fourth-order valence-corrected chi connectivity index (χ4v) is 3.27. The van der Waals surface area contributed by atoms with E-state index in [0.717, 1.165) is 5.56 Å². The van der Waals surface area contributed by atoms with Gasteiger partial charge in [0.15, 0.2) is 6.61 Å². The fourth-order valence-electron chi connectivity index (χ4n) is 2.75. The first-order chi connectivity index (χ1) is 14.2. The van der Waals surface area contributed by atoms with Crippen molar-refractivity contribution >= 4 is 35.0 Å². The zero-order valence-corrected chi connectivity index (χ0v) is 19.3. The molecule has 0 aliphatic rings. The molecule has 7 heteroatoms. The van der Waals surface area contributed by atoms with E-state index in [0.29, 0.717) is 33.8 Å². The molecule has 2 amide bonds. The van der Waals surface area contributed by atoms with Gasteiger partial charge in [-0.05, 0) is 44.0 Å². The van der Waals surface area contributed by atoms with Crippen molar-refractivity contribution in [1.82, 2.24) is 10.2 Å². The Labute approximate surface area is 188 Å². The van der Waals surface area contributed by atoms with Crippen molar-refractivity contribution in [2.24, 2.45) is 5.92 Å². The van der Waals surface area contributed by atoms with E-state index in [1.807, 2.05) is 32.9 Å². The molecule has 162 valence electrons. The first-order valence-corrected chi connectivity index (χ1v) is 10.6. The normalized spacial score (nSPS) is 11.8. The van der Waals surface area contributed by atoms with Crippen LogP contribution in [0.3, 0.4) is 0 Å². The van der Waals surface area contributed by atoms with Crippen molar-refractivity contribution in [3.05, 3.63) is 63.6 Å². The monoisotopic (exact) mass is 450 g/mol. The molecule has 1 atom stereocenters. The highest BCUT2D eigenvalue weighted by Gasteiger charge is 2.27. The number of amides is 2. The molecule has 2 aromatic carbocycles. The molecule has 2 aromatic rings. The lowest BCUT2D eigenvalue weighted by Crippen LogP contribution is -2.49.